The zero-order valence-electron chi connectivity index (χ0n) is 15.9. The molecule has 2 N–H and O–H groups in total. The Bertz CT molecular complexity index is 1030. The highest BCUT2D eigenvalue weighted by Crippen LogP contribution is 2.34. The van der Waals surface area contributed by atoms with Gasteiger partial charge in [-0.25, -0.2) is 9.37 Å². The summed E-state index contributed by atoms with van der Waals surface area (Å²) in [5.74, 6) is 2.06. The molecule has 9 heteroatoms. The molecule has 0 atom stereocenters. The summed E-state index contributed by atoms with van der Waals surface area (Å²) >= 11 is 0. The van der Waals surface area contributed by atoms with Gasteiger partial charge in [0.15, 0.2) is 34.6 Å². The van der Waals surface area contributed by atoms with E-state index in [2.05, 4.69) is 20.6 Å². The summed E-state index contributed by atoms with van der Waals surface area (Å²) in [6.45, 7) is 0.975. The minimum atomic E-state index is -0.585. The van der Waals surface area contributed by atoms with Crippen LogP contribution in [0.25, 0.3) is 0 Å². The minimum absolute atomic E-state index is 0.0275. The van der Waals surface area contributed by atoms with Crippen LogP contribution in [0.4, 0.5) is 27.5 Å². The minimum Gasteiger partial charge on any atom is -0.493 e. The Balaban J connectivity index is 1.55. The largest absolute Gasteiger partial charge is 0.493 e. The number of aromatic nitrogens is 2. The summed E-state index contributed by atoms with van der Waals surface area (Å²) in [6, 6.07) is 10.5. The second-order valence-electron chi connectivity index (χ2n) is 6.07. The molecule has 0 amide bonds. The first-order valence-electron chi connectivity index (χ1n) is 8.84. The monoisotopic (exact) mass is 398 g/mol. The fraction of sp³-hybridized carbons (Fsp3) is 0.200. The number of halogens is 1. The quantitative estimate of drug-likeness (QED) is 0.647. The third kappa shape index (κ3) is 4.08. The summed E-state index contributed by atoms with van der Waals surface area (Å²) in [5.41, 5.74) is 1.28. The molecule has 2 aromatic carbocycles. The number of anilines is 4. The van der Waals surface area contributed by atoms with Crippen LogP contribution >= 0.6 is 0 Å². The number of nitrogens with one attached hydrogen (secondary N) is 2. The molecule has 0 saturated carbocycles. The van der Waals surface area contributed by atoms with Crippen molar-refractivity contribution >= 4 is 23.1 Å². The lowest BCUT2D eigenvalue weighted by Gasteiger charge is -2.19. The number of hydrogen-bond donors (Lipinski definition) is 2. The highest BCUT2D eigenvalue weighted by Gasteiger charge is 2.14. The topological polar surface area (TPSA) is 86.8 Å². The molecule has 0 spiro atoms. The van der Waals surface area contributed by atoms with Crippen LogP contribution in [0.15, 0.2) is 42.6 Å². The van der Waals surface area contributed by atoms with E-state index >= 15 is 0 Å². The molecule has 150 valence electrons. The van der Waals surface area contributed by atoms with Crippen LogP contribution in [0.3, 0.4) is 0 Å². The van der Waals surface area contributed by atoms with Gasteiger partial charge in [0.25, 0.3) is 0 Å². The van der Waals surface area contributed by atoms with Crippen molar-refractivity contribution < 1.29 is 23.3 Å². The van der Waals surface area contributed by atoms with Crippen molar-refractivity contribution in [2.45, 2.75) is 0 Å². The van der Waals surface area contributed by atoms with Crippen molar-refractivity contribution in [1.82, 2.24) is 9.97 Å². The fourth-order valence-electron chi connectivity index (χ4n) is 2.82. The lowest BCUT2D eigenvalue weighted by molar-refractivity contribution is 0.171. The molecule has 0 aliphatic carbocycles. The summed E-state index contributed by atoms with van der Waals surface area (Å²) in [5, 5.41) is 5.97. The molecule has 2 heterocycles. The third-order valence-corrected chi connectivity index (χ3v) is 4.19. The van der Waals surface area contributed by atoms with Gasteiger partial charge >= 0.3 is 0 Å². The van der Waals surface area contributed by atoms with Crippen LogP contribution in [0.2, 0.25) is 0 Å². The first kappa shape index (κ1) is 18.6. The predicted molar refractivity (Wildman–Crippen MR) is 106 cm³/mol. The van der Waals surface area contributed by atoms with Gasteiger partial charge in [0, 0.05) is 23.5 Å². The maximum absolute atomic E-state index is 14.2. The van der Waals surface area contributed by atoms with E-state index in [1.807, 2.05) is 0 Å². The van der Waals surface area contributed by atoms with Crippen LogP contribution in [0.1, 0.15) is 0 Å². The van der Waals surface area contributed by atoms with E-state index in [-0.39, 0.29) is 11.8 Å². The Hall–Kier alpha value is -3.75. The number of fused-ring (bicyclic) bond motifs is 1. The molecule has 1 aliphatic heterocycles. The normalized spacial score (nSPS) is 12.2. The second-order valence-corrected chi connectivity index (χ2v) is 6.07. The molecule has 0 saturated heterocycles. The molecule has 0 bridgehead atoms. The van der Waals surface area contributed by atoms with E-state index in [1.165, 1.54) is 0 Å². The van der Waals surface area contributed by atoms with Crippen LogP contribution in [-0.2, 0) is 0 Å². The highest BCUT2D eigenvalue weighted by molar-refractivity contribution is 5.64. The van der Waals surface area contributed by atoms with Crippen molar-refractivity contribution in [3.8, 4) is 23.0 Å². The van der Waals surface area contributed by atoms with Crippen molar-refractivity contribution in [1.29, 1.82) is 0 Å². The van der Waals surface area contributed by atoms with E-state index in [0.29, 0.717) is 47.6 Å². The van der Waals surface area contributed by atoms with Crippen LogP contribution in [0.5, 0.6) is 23.0 Å². The maximum atomic E-state index is 14.2. The summed E-state index contributed by atoms with van der Waals surface area (Å²) in [4.78, 5) is 8.21. The Morgan fingerprint density at radius 2 is 1.62 bits per heavy atom. The summed E-state index contributed by atoms with van der Waals surface area (Å²) < 4.78 is 35.8. The van der Waals surface area contributed by atoms with Gasteiger partial charge in [-0.2, -0.15) is 4.98 Å². The average molecular weight is 398 g/mol. The number of benzene rings is 2. The van der Waals surface area contributed by atoms with E-state index in [0.717, 1.165) is 6.20 Å². The Morgan fingerprint density at radius 1 is 0.897 bits per heavy atom. The van der Waals surface area contributed by atoms with Crippen molar-refractivity contribution in [3.05, 3.63) is 48.4 Å². The van der Waals surface area contributed by atoms with E-state index in [4.69, 9.17) is 18.9 Å². The molecule has 8 nitrogen and oxygen atoms in total. The van der Waals surface area contributed by atoms with E-state index < -0.39 is 5.82 Å². The number of nitrogens with zero attached hydrogens (tertiary/aromatic N) is 2. The molecular weight excluding hydrogens is 379 g/mol. The van der Waals surface area contributed by atoms with Gasteiger partial charge < -0.3 is 29.6 Å². The smallest absolute Gasteiger partial charge is 0.229 e. The first-order valence-corrected chi connectivity index (χ1v) is 8.84. The van der Waals surface area contributed by atoms with Crippen molar-refractivity contribution in [3.63, 3.8) is 0 Å². The molecule has 29 heavy (non-hydrogen) atoms. The zero-order valence-corrected chi connectivity index (χ0v) is 15.9. The van der Waals surface area contributed by atoms with E-state index in [9.17, 15) is 4.39 Å². The standard InChI is InChI=1S/C20H19FN4O4/c1-26-15-5-3-13(9-17(15)27-2)24-20-22-11-14(21)19(25-20)23-12-4-6-16-18(10-12)29-8-7-28-16/h3-6,9-11H,7-8H2,1-2H3,(H2,22,23,24,25). The van der Waals surface area contributed by atoms with Gasteiger partial charge in [-0.1, -0.05) is 0 Å². The lowest BCUT2D eigenvalue weighted by Crippen LogP contribution is -2.15. The van der Waals surface area contributed by atoms with E-state index in [1.54, 1.807) is 50.6 Å². The number of ether oxygens (including phenoxy) is 4. The SMILES string of the molecule is COc1ccc(Nc2ncc(F)c(Nc3ccc4c(c3)OCCO4)n2)cc1OC. The Labute approximate surface area is 166 Å². The van der Waals surface area contributed by atoms with Crippen LogP contribution < -0.4 is 29.6 Å². The van der Waals surface area contributed by atoms with Gasteiger partial charge in [0.2, 0.25) is 5.95 Å². The van der Waals surface area contributed by atoms with Crippen LogP contribution in [0, 0.1) is 5.82 Å². The third-order valence-electron chi connectivity index (χ3n) is 4.19. The number of rotatable bonds is 6. The van der Waals surface area contributed by atoms with Crippen molar-refractivity contribution in [2.75, 3.05) is 38.1 Å². The van der Waals surface area contributed by atoms with Gasteiger partial charge in [-0.05, 0) is 24.3 Å². The molecular formula is C20H19FN4O4. The van der Waals surface area contributed by atoms with Gasteiger partial charge in [0.05, 0.1) is 20.4 Å². The van der Waals surface area contributed by atoms with Gasteiger partial charge in [-0.15, -0.1) is 0 Å². The second kappa shape index (κ2) is 8.09. The average Bonchev–Trinajstić information content (AvgIpc) is 2.76. The maximum Gasteiger partial charge on any atom is 0.229 e. The molecule has 0 fully saturated rings. The molecule has 0 radical (unpaired) electrons. The van der Waals surface area contributed by atoms with Gasteiger partial charge in [0.1, 0.15) is 13.2 Å². The Kier molecular flexibility index (Phi) is 5.19. The summed E-state index contributed by atoms with van der Waals surface area (Å²) in [7, 11) is 3.11. The molecule has 1 aliphatic rings. The van der Waals surface area contributed by atoms with Gasteiger partial charge in [-0.3, -0.25) is 0 Å². The predicted octanol–water partition coefficient (Wildman–Crippen LogP) is 3.89. The number of methoxy groups -OCH3 is 2. The lowest BCUT2D eigenvalue weighted by atomic mass is 10.2. The molecule has 3 aromatic rings. The molecule has 0 unspecified atom stereocenters. The first-order chi connectivity index (χ1) is 14.2. The summed E-state index contributed by atoms with van der Waals surface area (Å²) in [6.07, 6.45) is 1.09. The van der Waals surface area contributed by atoms with Crippen molar-refractivity contribution in [2.24, 2.45) is 0 Å². The molecule has 4 rings (SSSR count). The van der Waals surface area contributed by atoms with Crippen LogP contribution in [-0.4, -0.2) is 37.4 Å². The Morgan fingerprint density at radius 3 is 2.41 bits per heavy atom. The highest BCUT2D eigenvalue weighted by atomic mass is 19.1. The fourth-order valence-corrected chi connectivity index (χ4v) is 2.82. The number of hydrogen-bond acceptors (Lipinski definition) is 8. The zero-order chi connectivity index (χ0) is 20.2. The molecule has 1 aromatic heterocycles.